The van der Waals surface area contributed by atoms with E-state index in [0.717, 1.165) is 13.0 Å². The molecule has 1 unspecified atom stereocenters. The van der Waals surface area contributed by atoms with E-state index in [1.54, 1.807) is 18.2 Å². The molecular weight excluding hydrogens is 225 g/mol. The van der Waals surface area contributed by atoms with E-state index in [1.165, 1.54) is 18.9 Å². The van der Waals surface area contributed by atoms with Gasteiger partial charge in [0.05, 0.1) is 15.7 Å². The molecular formula is C12H16FNOS. The van der Waals surface area contributed by atoms with Crippen LogP contribution in [0.3, 0.4) is 0 Å². The number of hydrogen-bond donors (Lipinski definition) is 1. The zero-order chi connectivity index (χ0) is 11.4. The zero-order valence-electron chi connectivity index (χ0n) is 9.12. The monoisotopic (exact) mass is 241 g/mol. The summed E-state index contributed by atoms with van der Waals surface area (Å²) < 4.78 is 25.0. The molecule has 0 heterocycles. The third-order valence-electron chi connectivity index (χ3n) is 2.60. The smallest absolute Gasteiger partial charge is 0.139 e. The van der Waals surface area contributed by atoms with E-state index in [0.29, 0.717) is 16.7 Å². The lowest BCUT2D eigenvalue weighted by molar-refractivity contribution is 0.594. The van der Waals surface area contributed by atoms with E-state index in [2.05, 4.69) is 5.32 Å². The Hall–Kier alpha value is -0.740. The first-order chi connectivity index (χ1) is 7.77. The van der Waals surface area contributed by atoms with E-state index in [4.69, 9.17) is 0 Å². The molecule has 88 valence electrons. The van der Waals surface area contributed by atoms with Gasteiger partial charge in [-0.05, 0) is 37.9 Å². The minimum Gasteiger partial charge on any atom is -0.314 e. The summed E-state index contributed by atoms with van der Waals surface area (Å²) in [6.07, 6.45) is 3.35. The van der Waals surface area contributed by atoms with Crippen LogP contribution in [0.1, 0.15) is 19.3 Å². The normalized spacial score (nSPS) is 17.3. The zero-order valence-corrected chi connectivity index (χ0v) is 9.93. The number of hydrogen-bond acceptors (Lipinski definition) is 2. The van der Waals surface area contributed by atoms with Crippen LogP contribution < -0.4 is 5.32 Å². The van der Waals surface area contributed by atoms with Crippen molar-refractivity contribution in [2.45, 2.75) is 30.2 Å². The summed E-state index contributed by atoms with van der Waals surface area (Å²) in [6.45, 7) is 0.880. The van der Waals surface area contributed by atoms with E-state index in [-0.39, 0.29) is 5.82 Å². The quantitative estimate of drug-likeness (QED) is 0.773. The molecule has 1 atom stereocenters. The summed E-state index contributed by atoms with van der Waals surface area (Å²) in [5, 5.41) is 3.35. The maximum Gasteiger partial charge on any atom is 0.139 e. The minimum atomic E-state index is -1.20. The molecule has 2 rings (SSSR count). The van der Waals surface area contributed by atoms with Crippen LogP contribution in [-0.4, -0.2) is 22.5 Å². The Morgan fingerprint density at radius 1 is 1.38 bits per heavy atom. The third-order valence-corrected chi connectivity index (χ3v) is 4.08. The average molecular weight is 241 g/mol. The minimum absolute atomic E-state index is 0.328. The van der Waals surface area contributed by atoms with Gasteiger partial charge >= 0.3 is 0 Å². The molecule has 1 aromatic rings. The Morgan fingerprint density at radius 3 is 2.81 bits per heavy atom. The van der Waals surface area contributed by atoms with Crippen molar-refractivity contribution in [3.8, 4) is 0 Å². The average Bonchev–Trinajstić information content (AvgIpc) is 3.08. The van der Waals surface area contributed by atoms with Gasteiger partial charge in [-0.2, -0.15) is 0 Å². The van der Waals surface area contributed by atoms with E-state index >= 15 is 0 Å². The van der Waals surface area contributed by atoms with Gasteiger partial charge in [-0.3, -0.25) is 4.21 Å². The van der Waals surface area contributed by atoms with Gasteiger partial charge in [0.15, 0.2) is 0 Å². The fourth-order valence-electron chi connectivity index (χ4n) is 1.54. The molecule has 2 nitrogen and oxygen atoms in total. The van der Waals surface area contributed by atoms with Gasteiger partial charge in [0, 0.05) is 11.8 Å². The van der Waals surface area contributed by atoms with Crippen molar-refractivity contribution in [3.63, 3.8) is 0 Å². The van der Waals surface area contributed by atoms with Crippen LogP contribution in [0.25, 0.3) is 0 Å². The molecule has 1 aliphatic carbocycles. The predicted molar refractivity (Wildman–Crippen MR) is 63.3 cm³/mol. The summed E-state index contributed by atoms with van der Waals surface area (Å²) in [7, 11) is -1.20. The Morgan fingerprint density at radius 2 is 2.12 bits per heavy atom. The molecule has 1 aliphatic rings. The maximum absolute atomic E-state index is 13.3. The molecule has 0 aliphatic heterocycles. The Labute approximate surface area is 97.7 Å². The van der Waals surface area contributed by atoms with Crippen molar-refractivity contribution in [3.05, 3.63) is 30.1 Å². The second-order valence-corrected chi connectivity index (χ2v) is 5.60. The standard InChI is InChI=1S/C12H16FNOS/c13-11-4-1-2-5-12(11)16(15)9-3-8-14-10-6-7-10/h1-2,4-5,10,14H,3,6-9H2. The highest BCUT2D eigenvalue weighted by Crippen LogP contribution is 2.18. The first kappa shape index (κ1) is 11.7. The second kappa shape index (κ2) is 5.55. The highest BCUT2D eigenvalue weighted by Gasteiger charge is 2.19. The van der Waals surface area contributed by atoms with Crippen molar-refractivity contribution >= 4 is 10.8 Å². The van der Waals surface area contributed by atoms with Crippen molar-refractivity contribution in [1.82, 2.24) is 5.32 Å². The lowest BCUT2D eigenvalue weighted by atomic mass is 10.3. The van der Waals surface area contributed by atoms with Crippen molar-refractivity contribution < 1.29 is 8.60 Å². The lowest BCUT2D eigenvalue weighted by Gasteiger charge is -2.04. The highest BCUT2D eigenvalue weighted by atomic mass is 32.2. The lowest BCUT2D eigenvalue weighted by Crippen LogP contribution is -2.19. The van der Waals surface area contributed by atoms with Crippen molar-refractivity contribution in [1.29, 1.82) is 0 Å². The van der Waals surface area contributed by atoms with Crippen LogP contribution in [0.15, 0.2) is 29.2 Å². The summed E-state index contributed by atoms with van der Waals surface area (Å²) in [5.74, 6) is 0.164. The van der Waals surface area contributed by atoms with Crippen LogP contribution >= 0.6 is 0 Å². The van der Waals surface area contributed by atoms with Gasteiger partial charge in [0.2, 0.25) is 0 Å². The van der Waals surface area contributed by atoms with Crippen molar-refractivity contribution in [2.75, 3.05) is 12.3 Å². The number of benzene rings is 1. The molecule has 0 amide bonds. The number of halogens is 1. The predicted octanol–water partition coefficient (Wildman–Crippen LogP) is 2.08. The Kier molecular flexibility index (Phi) is 4.07. The molecule has 0 aromatic heterocycles. The Bertz CT molecular complexity index is 379. The molecule has 1 saturated carbocycles. The molecule has 1 N–H and O–H groups in total. The molecule has 1 fully saturated rings. The van der Waals surface area contributed by atoms with Crippen LogP contribution in [0, 0.1) is 5.82 Å². The van der Waals surface area contributed by atoms with Crippen LogP contribution in [0.2, 0.25) is 0 Å². The SMILES string of the molecule is O=S(CCCNC1CC1)c1ccccc1F. The maximum atomic E-state index is 13.3. The van der Waals surface area contributed by atoms with E-state index in [9.17, 15) is 8.60 Å². The fourth-order valence-corrected chi connectivity index (χ4v) is 2.68. The van der Waals surface area contributed by atoms with Crippen LogP contribution in [0.5, 0.6) is 0 Å². The third kappa shape index (κ3) is 3.39. The molecule has 16 heavy (non-hydrogen) atoms. The van der Waals surface area contributed by atoms with Crippen molar-refractivity contribution in [2.24, 2.45) is 0 Å². The van der Waals surface area contributed by atoms with E-state index in [1.807, 2.05) is 0 Å². The molecule has 4 heteroatoms. The first-order valence-electron chi connectivity index (χ1n) is 5.63. The largest absolute Gasteiger partial charge is 0.314 e. The fraction of sp³-hybridized carbons (Fsp3) is 0.500. The summed E-state index contributed by atoms with van der Waals surface area (Å²) >= 11 is 0. The molecule has 1 aromatic carbocycles. The second-order valence-electron chi connectivity index (χ2n) is 4.06. The number of rotatable bonds is 6. The highest BCUT2D eigenvalue weighted by molar-refractivity contribution is 7.85. The summed E-state index contributed by atoms with van der Waals surface area (Å²) in [4.78, 5) is 0.328. The van der Waals surface area contributed by atoms with Gasteiger partial charge < -0.3 is 5.32 Å². The molecule has 0 bridgehead atoms. The van der Waals surface area contributed by atoms with Gasteiger partial charge in [0.25, 0.3) is 0 Å². The topological polar surface area (TPSA) is 29.1 Å². The molecule has 0 spiro atoms. The molecule has 0 radical (unpaired) electrons. The van der Waals surface area contributed by atoms with E-state index < -0.39 is 10.8 Å². The van der Waals surface area contributed by atoms with Gasteiger partial charge in [0.1, 0.15) is 5.82 Å². The first-order valence-corrected chi connectivity index (χ1v) is 6.95. The van der Waals surface area contributed by atoms with Crippen LogP contribution in [-0.2, 0) is 10.8 Å². The van der Waals surface area contributed by atoms with Gasteiger partial charge in [-0.15, -0.1) is 0 Å². The molecule has 0 saturated heterocycles. The Balaban J connectivity index is 1.76. The van der Waals surface area contributed by atoms with Crippen LogP contribution in [0.4, 0.5) is 4.39 Å². The summed E-state index contributed by atoms with van der Waals surface area (Å²) in [6, 6.07) is 6.97. The van der Waals surface area contributed by atoms with Gasteiger partial charge in [-0.25, -0.2) is 4.39 Å². The number of nitrogens with one attached hydrogen (secondary N) is 1. The van der Waals surface area contributed by atoms with Gasteiger partial charge in [-0.1, -0.05) is 12.1 Å². The summed E-state index contributed by atoms with van der Waals surface area (Å²) in [5.41, 5.74) is 0.